The number of aryl methyl sites for hydroxylation is 2. The number of nitrogens with one attached hydrogen (secondary N) is 6. The van der Waals surface area contributed by atoms with Gasteiger partial charge in [-0.05, 0) is 127 Å². The lowest BCUT2D eigenvalue weighted by atomic mass is 10.0. The molecule has 0 saturated carbocycles. The monoisotopic (exact) mass is 1040 g/mol. The first-order chi connectivity index (χ1) is 35.4. The number of aromatic nitrogens is 2. The van der Waals surface area contributed by atoms with Gasteiger partial charge in [-0.3, -0.25) is 28.8 Å². The van der Waals surface area contributed by atoms with Crippen molar-refractivity contribution in [3.8, 4) is 11.5 Å². The first kappa shape index (κ1) is 59.5. The van der Waals surface area contributed by atoms with Gasteiger partial charge in [0.05, 0.1) is 22.3 Å². The van der Waals surface area contributed by atoms with Gasteiger partial charge in [-0.1, -0.05) is 27.7 Å². The Morgan fingerprint density at radius 3 is 1.45 bits per heavy atom. The Kier molecular flexibility index (Phi) is 21.7. The molecule has 2 atom stereocenters. The van der Waals surface area contributed by atoms with Crippen LogP contribution >= 0.6 is 0 Å². The number of nitrogens with zero attached hydrogens (tertiary/aromatic N) is 2. The van der Waals surface area contributed by atoms with Gasteiger partial charge in [0.25, 0.3) is 23.6 Å². The smallest absolute Gasteiger partial charge is 0.352 e. The number of amides is 4. The van der Waals surface area contributed by atoms with Gasteiger partial charge in [0, 0.05) is 85.3 Å². The fourth-order valence-corrected chi connectivity index (χ4v) is 8.21. The van der Waals surface area contributed by atoms with Crippen molar-refractivity contribution in [3.05, 3.63) is 92.6 Å². The summed E-state index contributed by atoms with van der Waals surface area (Å²) in [5, 5.41) is 29.5. The molecule has 75 heavy (non-hydrogen) atoms. The second-order valence-electron chi connectivity index (χ2n) is 17.6. The molecule has 6 rings (SSSR count). The number of esters is 3. The summed E-state index contributed by atoms with van der Waals surface area (Å²) in [4.78, 5) is 105. The molecule has 0 spiro atoms. The number of aromatic amines is 2. The number of aromatic hydroxyl groups is 1. The van der Waals surface area contributed by atoms with Crippen LogP contribution < -0.4 is 26.0 Å². The van der Waals surface area contributed by atoms with E-state index < -0.39 is 36.1 Å². The highest BCUT2D eigenvalue weighted by Crippen LogP contribution is 2.38. The van der Waals surface area contributed by atoms with E-state index in [0.29, 0.717) is 74.9 Å². The van der Waals surface area contributed by atoms with Crippen molar-refractivity contribution in [1.29, 1.82) is 0 Å². The van der Waals surface area contributed by atoms with Gasteiger partial charge in [0.1, 0.15) is 11.5 Å². The zero-order chi connectivity index (χ0) is 55.8. The van der Waals surface area contributed by atoms with Crippen LogP contribution in [0.2, 0.25) is 0 Å². The first-order valence-electron chi connectivity index (χ1n) is 24.7. The largest absolute Gasteiger partial charge is 0.508 e. The minimum Gasteiger partial charge on any atom is -0.508 e. The minimum absolute atomic E-state index is 0.0961. The molecule has 0 aliphatic carbocycles. The van der Waals surface area contributed by atoms with Gasteiger partial charge in [0.15, 0.2) is 12.2 Å². The molecule has 0 bridgehead atoms. The predicted molar refractivity (Wildman–Crippen MR) is 284 cm³/mol. The van der Waals surface area contributed by atoms with Gasteiger partial charge in [-0.25, -0.2) is 9.59 Å². The zero-order valence-electron chi connectivity index (χ0n) is 44.7. The fraction of sp³-hybridized carbons (Fsp3) is 0.407. The Balaban J connectivity index is 0.000000284. The Bertz CT molecular complexity index is 2850. The van der Waals surface area contributed by atoms with Crippen LogP contribution in [-0.4, -0.2) is 142 Å². The predicted octanol–water partition coefficient (Wildman–Crippen LogP) is 5.98. The minimum atomic E-state index is -1.13. The van der Waals surface area contributed by atoms with E-state index in [9.17, 15) is 43.5 Å². The number of rotatable bonds is 19. The number of phenols is 1. The number of anilines is 2. The molecule has 404 valence electrons. The SMILES string of the molecule is CC(=O)O[C@@H](C)C(=O)O.CCN(CC)CCNC(=O)c1c(C)[nH]c(/C=C2\C(=O)Nc3ccc(O)cc32)c1C.CCN(CC)CCNC(=O)c1c(C)[nH]c(/C=C2\C(=O)Nc3ccc(OC(=O)[C@H](C)OC(C)=O)cc32)c1C. The van der Waals surface area contributed by atoms with Crippen LogP contribution in [0, 0.1) is 27.7 Å². The van der Waals surface area contributed by atoms with E-state index in [1.807, 2.05) is 27.7 Å². The quantitative estimate of drug-likeness (QED) is 0.0232. The van der Waals surface area contributed by atoms with E-state index in [1.54, 1.807) is 42.5 Å². The number of phenolic OH excluding ortho intramolecular Hbond substituents is 1. The Hall–Kier alpha value is -8.04. The molecule has 0 radical (unpaired) electrons. The lowest BCUT2D eigenvalue weighted by Gasteiger charge is -2.18. The maximum absolute atomic E-state index is 12.9. The van der Waals surface area contributed by atoms with Crippen LogP contribution in [0.3, 0.4) is 0 Å². The first-order valence-corrected chi connectivity index (χ1v) is 24.7. The lowest BCUT2D eigenvalue weighted by Crippen LogP contribution is -2.35. The van der Waals surface area contributed by atoms with Crippen LogP contribution in [0.1, 0.15) is 121 Å². The van der Waals surface area contributed by atoms with E-state index in [-0.39, 0.29) is 35.1 Å². The summed E-state index contributed by atoms with van der Waals surface area (Å²) in [7, 11) is 0. The van der Waals surface area contributed by atoms with Gasteiger partial charge < -0.3 is 65.5 Å². The number of aliphatic carboxylic acids is 1. The van der Waals surface area contributed by atoms with Crippen molar-refractivity contribution < 1.29 is 62.8 Å². The number of likely N-dealkylation sites (N-methyl/N-ethyl adjacent to an activating group) is 2. The molecule has 4 aromatic rings. The summed E-state index contributed by atoms with van der Waals surface area (Å²) in [6.07, 6.45) is 1.31. The van der Waals surface area contributed by atoms with E-state index in [4.69, 9.17) is 14.6 Å². The summed E-state index contributed by atoms with van der Waals surface area (Å²) in [5.74, 6) is -3.58. The highest BCUT2D eigenvalue weighted by molar-refractivity contribution is 6.35. The van der Waals surface area contributed by atoms with Crippen LogP contribution in [0.4, 0.5) is 11.4 Å². The van der Waals surface area contributed by atoms with Crippen molar-refractivity contribution >= 4 is 82.2 Å². The van der Waals surface area contributed by atoms with Gasteiger partial charge in [-0.2, -0.15) is 0 Å². The fourth-order valence-electron chi connectivity index (χ4n) is 8.21. The number of carboxylic acid groups (broad SMARTS) is 1. The van der Waals surface area contributed by atoms with E-state index in [0.717, 1.165) is 56.1 Å². The maximum atomic E-state index is 12.9. The van der Waals surface area contributed by atoms with Gasteiger partial charge in [0.2, 0.25) is 0 Å². The standard InChI is InChI=1S/C27H34N4O6.C22H28N4O3.C5H8O4/c1-7-31(8-2)12-11-28-26(34)24-15(3)23(29-16(24)4)14-21-20-13-19(9-10-22(20)30-25(21)33)37-27(35)17(5)36-18(6)32;1-5-26(6-2)10-9-23-22(29)20-13(3)19(24-14(20)4)12-17-16-11-15(27)7-8-18(16)25-21(17)28;1-3(5(7)8)9-4(2)6/h9-10,13-14,17,29H,7-8,11-12H2,1-6H3,(H,28,34)(H,30,33);7-8,11-12,24,27H,5-6,9-10H2,1-4H3,(H,23,29)(H,25,28);3H,1-2H3,(H,7,8)/b21-14-;17-12-;/t17-;;3-/m0.0/s1. The second kappa shape index (κ2) is 27.3. The average Bonchev–Trinajstić information content (AvgIpc) is 4.03. The normalized spacial score (nSPS) is 14.1. The van der Waals surface area contributed by atoms with E-state index in [2.05, 4.69) is 73.5 Å². The molecule has 21 nitrogen and oxygen atoms in total. The number of hydrogen-bond acceptors (Lipinski definition) is 14. The molecule has 2 aromatic heterocycles. The third-order valence-electron chi connectivity index (χ3n) is 12.3. The maximum Gasteiger partial charge on any atom is 0.352 e. The molecule has 0 unspecified atom stereocenters. The summed E-state index contributed by atoms with van der Waals surface area (Å²) in [6, 6.07) is 9.52. The molecule has 4 amide bonds. The van der Waals surface area contributed by atoms with E-state index >= 15 is 0 Å². The van der Waals surface area contributed by atoms with Crippen molar-refractivity contribution in [2.24, 2.45) is 0 Å². The Morgan fingerprint density at radius 2 is 1.05 bits per heavy atom. The Morgan fingerprint density at radius 1 is 0.640 bits per heavy atom. The zero-order valence-corrected chi connectivity index (χ0v) is 44.7. The molecule has 8 N–H and O–H groups in total. The van der Waals surface area contributed by atoms with Crippen molar-refractivity contribution in [3.63, 3.8) is 0 Å². The summed E-state index contributed by atoms with van der Waals surface area (Å²) in [6.45, 7) is 27.2. The number of carboxylic acids is 1. The van der Waals surface area contributed by atoms with Crippen molar-refractivity contribution in [1.82, 2.24) is 30.4 Å². The molecule has 4 heterocycles. The Labute approximate surface area is 436 Å². The molecule has 0 saturated heterocycles. The highest BCUT2D eigenvalue weighted by Gasteiger charge is 2.29. The molecule has 2 aliphatic rings. The number of hydrogen-bond donors (Lipinski definition) is 8. The van der Waals surface area contributed by atoms with Gasteiger partial charge in [-0.15, -0.1) is 0 Å². The molecule has 0 fully saturated rings. The molecular formula is C54H70N8O13. The number of H-pyrrole nitrogens is 2. The average molecular weight is 1040 g/mol. The van der Waals surface area contributed by atoms with Crippen molar-refractivity contribution in [2.75, 3.05) is 63.0 Å². The second-order valence-corrected chi connectivity index (χ2v) is 17.6. The van der Waals surface area contributed by atoms with Crippen molar-refractivity contribution in [2.45, 2.75) is 95.3 Å². The van der Waals surface area contributed by atoms with Gasteiger partial charge >= 0.3 is 23.9 Å². The molecule has 2 aliphatic heterocycles. The molecule has 2 aromatic carbocycles. The van der Waals surface area contributed by atoms with Crippen LogP contribution in [0.25, 0.3) is 23.3 Å². The highest BCUT2D eigenvalue weighted by atomic mass is 16.6. The third-order valence-corrected chi connectivity index (χ3v) is 12.3. The van der Waals surface area contributed by atoms with Crippen LogP contribution in [0.15, 0.2) is 36.4 Å². The lowest BCUT2D eigenvalue weighted by molar-refractivity contribution is -0.161. The third kappa shape index (κ3) is 16.0. The number of fused-ring (bicyclic) bond motifs is 2. The van der Waals surface area contributed by atoms with E-state index in [1.165, 1.54) is 33.8 Å². The summed E-state index contributed by atoms with van der Waals surface area (Å²) >= 11 is 0. The summed E-state index contributed by atoms with van der Waals surface area (Å²) in [5.41, 5.74) is 8.70. The molecular weight excluding hydrogens is 969 g/mol. The molecule has 21 heteroatoms. The topological polar surface area (TPSA) is 291 Å². The summed E-state index contributed by atoms with van der Waals surface area (Å²) < 4.78 is 14.5. The van der Waals surface area contributed by atoms with Crippen LogP contribution in [0.5, 0.6) is 11.5 Å². The number of carbonyl (C=O) groups is 8. The number of ether oxygens (including phenoxy) is 3. The van der Waals surface area contributed by atoms with Crippen LogP contribution in [-0.2, 0) is 38.2 Å². The number of carbonyl (C=O) groups excluding carboxylic acids is 7. The number of benzene rings is 2.